The minimum absolute atomic E-state index is 0.172. The molecule has 1 fully saturated rings. The van der Waals surface area contributed by atoms with Crippen LogP contribution in [0.15, 0.2) is 35.3 Å². The third kappa shape index (κ3) is 4.41. The minimum Gasteiger partial charge on any atom is -0.352 e. The average Bonchev–Trinajstić information content (AvgIpc) is 3.14. The highest BCUT2D eigenvalue weighted by molar-refractivity contribution is 5.74. The van der Waals surface area contributed by atoms with Crippen LogP contribution in [-0.2, 0) is 18.6 Å². The number of benzene rings is 1. The number of nitrogens with zero attached hydrogens (tertiary/aromatic N) is 4. The van der Waals surface area contributed by atoms with Gasteiger partial charge >= 0.3 is 0 Å². The Morgan fingerprint density at radius 1 is 1.17 bits per heavy atom. The molecule has 0 bridgehead atoms. The predicted molar refractivity (Wildman–Crippen MR) is 121 cm³/mol. The van der Waals surface area contributed by atoms with E-state index in [0.29, 0.717) is 23.5 Å². The van der Waals surface area contributed by atoms with Crippen molar-refractivity contribution in [1.82, 2.24) is 24.6 Å². The quantitative estimate of drug-likeness (QED) is 0.673. The molecule has 1 saturated heterocycles. The molecule has 30 heavy (non-hydrogen) atoms. The van der Waals surface area contributed by atoms with Crippen LogP contribution in [0.1, 0.15) is 51.7 Å². The Morgan fingerprint density at radius 3 is 2.57 bits per heavy atom. The summed E-state index contributed by atoms with van der Waals surface area (Å²) >= 11 is 0. The Bertz CT molecular complexity index is 1070. The van der Waals surface area contributed by atoms with Gasteiger partial charge in [0.05, 0.1) is 11.7 Å². The number of hydrogen-bond acceptors (Lipinski definition) is 5. The van der Waals surface area contributed by atoms with E-state index in [1.807, 2.05) is 20.8 Å². The molecule has 1 aliphatic rings. The van der Waals surface area contributed by atoms with Gasteiger partial charge in [0.15, 0.2) is 5.65 Å². The van der Waals surface area contributed by atoms with Crippen LogP contribution in [0.2, 0.25) is 0 Å². The molecule has 0 spiro atoms. The molecule has 2 N–H and O–H groups in total. The minimum atomic E-state index is -0.252. The van der Waals surface area contributed by atoms with Gasteiger partial charge in [0.1, 0.15) is 5.39 Å². The van der Waals surface area contributed by atoms with E-state index in [4.69, 9.17) is 0 Å². The number of likely N-dealkylation sites (tertiary alicyclic amines) is 1. The van der Waals surface area contributed by atoms with Crippen LogP contribution in [0.3, 0.4) is 0 Å². The summed E-state index contributed by atoms with van der Waals surface area (Å²) in [5.41, 5.74) is 2.72. The van der Waals surface area contributed by atoms with Gasteiger partial charge in [-0.1, -0.05) is 31.2 Å². The molecule has 0 atom stereocenters. The molecule has 7 heteroatoms. The summed E-state index contributed by atoms with van der Waals surface area (Å²) < 4.78 is 1.80. The van der Waals surface area contributed by atoms with Crippen LogP contribution < -0.4 is 10.9 Å². The number of aromatic amines is 1. The average molecular weight is 409 g/mol. The molecule has 4 rings (SSSR count). The zero-order chi connectivity index (χ0) is 21.3. The zero-order valence-electron chi connectivity index (χ0n) is 18.4. The van der Waals surface area contributed by atoms with E-state index < -0.39 is 0 Å². The van der Waals surface area contributed by atoms with Crippen molar-refractivity contribution in [3.05, 3.63) is 51.9 Å². The van der Waals surface area contributed by atoms with Crippen molar-refractivity contribution in [2.45, 2.75) is 59.2 Å². The van der Waals surface area contributed by atoms with E-state index in [0.717, 1.165) is 25.6 Å². The van der Waals surface area contributed by atoms with E-state index in [1.165, 1.54) is 24.0 Å². The van der Waals surface area contributed by atoms with Gasteiger partial charge in [0.2, 0.25) is 5.95 Å². The second-order valence-corrected chi connectivity index (χ2v) is 9.46. The monoisotopic (exact) mass is 408 g/mol. The summed E-state index contributed by atoms with van der Waals surface area (Å²) in [7, 11) is 0. The first-order chi connectivity index (χ1) is 14.3. The van der Waals surface area contributed by atoms with Crippen LogP contribution in [0, 0.1) is 5.92 Å². The van der Waals surface area contributed by atoms with Crippen LogP contribution in [0.4, 0.5) is 5.95 Å². The molecule has 0 saturated carbocycles. The molecule has 3 aromatic rings. The maximum atomic E-state index is 12.5. The Labute approximate surface area is 177 Å². The van der Waals surface area contributed by atoms with E-state index in [-0.39, 0.29) is 11.1 Å². The van der Waals surface area contributed by atoms with Crippen molar-refractivity contribution in [1.29, 1.82) is 0 Å². The SMILES string of the molecule is CC1CCN(Cc2ccccc2CNc2nc3c(cnn3C(C)(C)C)c(=O)[nH]2)CC1. The molecular weight excluding hydrogens is 376 g/mol. The highest BCUT2D eigenvalue weighted by Gasteiger charge is 2.20. The lowest BCUT2D eigenvalue weighted by Gasteiger charge is -2.30. The summed E-state index contributed by atoms with van der Waals surface area (Å²) in [6.07, 6.45) is 4.13. The Hall–Kier alpha value is -2.67. The largest absolute Gasteiger partial charge is 0.352 e. The van der Waals surface area contributed by atoms with Crippen molar-refractivity contribution >= 4 is 17.0 Å². The van der Waals surface area contributed by atoms with Gasteiger partial charge in [-0.25, -0.2) is 4.68 Å². The lowest BCUT2D eigenvalue weighted by atomic mass is 9.98. The molecule has 0 radical (unpaired) electrons. The molecule has 2 aromatic heterocycles. The third-order valence-electron chi connectivity index (χ3n) is 5.91. The summed E-state index contributed by atoms with van der Waals surface area (Å²) in [5.74, 6) is 1.30. The number of aromatic nitrogens is 4. The Balaban J connectivity index is 1.52. The number of nitrogens with one attached hydrogen (secondary N) is 2. The van der Waals surface area contributed by atoms with Gasteiger partial charge < -0.3 is 5.32 Å². The molecule has 1 aliphatic heterocycles. The normalized spacial score (nSPS) is 16.3. The van der Waals surface area contributed by atoms with Gasteiger partial charge in [-0.2, -0.15) is 10.1 Å². The van der Waals surface area contributed by atoms with Gasteiger partial charge in [0, 0.05) is 13.1 Å². The van der Waals surface area contributed by atoms with Crippen molar-refractivity contribution in [3.8, 4) is 0 Å². The van der Waals surface area contributed by atoms with Crippen molar-refractivity contribution in [3.63, 3.8) is 0 Å². The molecule has 1 aromatic carbocycles. The maximum Gasteiger partial charge on any atom is 0.263 e. The molecular formula is C23H32N6O. The predicted octanol–water partition coefficient (Wildman–Crippen LogP) is 3.72. The van der Waals surface area contributed by atoms with Crippen LogP contribution in [-0.4, -0.2) is 37.7 Å². The summed E-state index contributed by atoms with van der Waals surface area (Å²) in [4.78, 5) is 22.6. The lowest BCUT2D eigenvalue weighted by molar-refractivity contribution is 0.185. The fourth-order valence-electron chi connectivity index (χ4n) is 4.02. The standard InChI is InChI=1S/C23H32N6O/c1-16-9-11-28(12-10-16)15-18-8-6-5-7-17(18)13-24-22-26-20-19(21(30)27-22)14-25-29(20)23(2,3)4/h5-8,14,16H,9-13,15H2,1-4H3,(H2,24,26,27,30). The summed E-state index contributed by atoms with van der Waals surface area (Å²) in [5, 5.41) is 8.20. The summed E-state index contributed by atoms with van der Waals surface area (Å²) in [6, 6.07) is 8.50. The number of anilines is 1. The molecule has 160 valence electrons. The number of hydrogen-bond donors (Lipinski definition) is 2. The fourth-order valence-corrected chi connectivity index (χ4v) is 4.02. The third-order valence-corrected chi connectivity index (χ3v) is 5.91. The first kappa shape index (κ1) is 20.6. The van der Waals surface area contributed by atoms with Gasteiger partial charge in [0.25, 0.3) is 5.56 Å². The second-order valence-electron chi connectivity index (χ2n) is 9.46. The van der Waals surface area contributed by atoms with E-state index in [2.05, 4.69) is 56.5 Å². The number of rotatable bonds is 5. The number of fused-ring (bicyclic) bond motifs is 1. The second kappa shape index (κ2) is 8.22. The Morgan fingerprint density at radius 2 is 1.87 bits per heavy atom. The van der Waals surface area contributed by atoms with Gasteiger partial charge in [-0.15, -0.1) is 0 Å². The first-order valence-electron chi connectivity index (χ1n) is 10.8. The molecule has 7 nitrogen and oxygen atoms in total. The molecule has 3 heterocycles. The maximum absolute atomic E-state index is 12.5. The van der Waals surface area contributed by atoms with Crippen LogP contribution in [0.25, 0.3) is 11.0 Å². The van der Waals surface area contributed by atoms with Crippen LogP contribution in [0.5, 0.6) is 0 Å². The number of piperidine rings is 1. The van der Waals surface area contributed by atoms with E-state index in [9.17, 15) is 4.79 Å². The summed E-state index contributed by atoms with van der Waals surface area (Å²) in [6.45, 7) is 12.4. The van der Waals surface area contributed by atoms with E-state index >= 15 is 0 Å². The van der Waals surface area contributed by atoms with Crippen molar-refractivity contribution in [2.75, 3.05) is 18.4 Å². The fraction of sp³-hybridized carbons (Fsp3) is 0.522. The smallest absolute Gasteiger partial charge is 0.263 e. The topological polar surface area (TPSA) is 78.8 Å². The highest BCUT2D eigenvalue weighted by atomic mass is 16.1. The zero-order valence-corrected chi connectivity index (χ0v) is 18.4. The van der Waals surface area contributed by atoms with Crippen molar-refractivity contribution in [2.24, 2.45) is 5.92 Å². The van der Waals surface area contributed by atoms with Crippen LogP contribution >= 0.6 is 0 Å². The first-order valence-corrected chi connectivity index (χ1v) is 10.8. The van der Waals surface area contributed by atoms with Gasteiger partial charge in [-0.3, -0.25) is 14.7 Å². The molecule has 0 unspecified atom stereocenters. The number of H-pyrrole nitrogens is 1. The highest BCUT2D eigenvalue weighted by Crippen LogP contribution is 2.21. The van der Waals surface area contributed by atoms with Crippen molar-refractivity contribution < 1.29 is 0 Å². The van der Waals surface area contributed by atoms with Gasteiger partial charge in [-0.05, 0) is 63.7 Å². The molecule has 0 amide bonds. The lowest BCUT2D eigenvalue weighted by Crippen LogP contribution is -2.32. The van der Waals surface area contributed by atoms with E-state index in [1.54, 1.807) is 10.9 Å². The molecule has 0 aliphatic carbocycles. The Kier molecular flexibility index (Phi) is 5.64.